The number of ether oxygens (including phenoxy) is 1. The number of sulfonamides is 1. The number of aryl methyl sites for hydroxylation is 2. The van der Waals surface area contributed by atoms with E-state index in [0.717, 1.165) is 17.1 Å². The Labute approximate surface area is 154 Å². The fourth-order valence-electron chi connectivity index (χ4n) is 2.84. The van der Waals surface area contributed by atoms with E-state index in [1.54, 1.807) is 17.3 Å². The number of anilines is 1. The van der Waals surface area contributed by atoms with Gasteiger partial charge in [0.25, 0.3) is 0 Å². The predicted octanol–water partition coefficient (Wildman–Crippen LogP) is 2.36. The Kier molecular flexibility index (Phi) is 5.43. The molecule has 0 radical (unpaired) electrons. The molecule has 1 fully saturated rings. The highest BCUT2D eigenvalue weighted by Gasteiger charge is 2.26. The Morgan fingerprint density at radius 2 is 1.69 bits per heavy atom. The first-order valence-electron chi connectivity index (χ1n) is 8.70. The fourth-order valence-corrected chi connectivity index (χ4v) is 3.93. The van der Waals surface area contributed by atoms with Gasteiger partial charge in [-0.1, -0.05) is 17.7 Å². The normalized spacial score (nSPS) is 15.9. The van der Waals surface area contributed by atoms with Gasteiger partial charge in [0.2, 0.25) is 15.9 Å². The molecule has 0 atom stereocenters. The molecule has 0 bridgehead atoms. The Morgan fingerprint density at radius 3 is 2.31 bits per heavy atom. The third-order valence-electron chi connectivity index (χ3n) is 4.37. The van der Waals surface area contributed by atoms with Crippen LogP contribution in [-0.4, -0.2) is 54.6 Å². The zero-order valence-corrected chi connectivity index (χ0v) is 16.2. The highest BCUT2D eigenvalue weighted by molar-refractivity contribution is 7.89. The number of hydrogen-bond donors (Lipinski definition) is 0. The van der Waals surface area contributed by atoms with Crippen molar-refractivity contribution >= 4 is 15.8 Å². The second-order valence-corrected chi connectivity index (χ2v) is 8.57. The van der Waals surface area contributed by atoms with E-state index in [4.69, 9.17) is 4.74 Å². The molecule has 140 valence electrons. The topological polar surface area (TPSA) is 75.6 Å². The minimum Gasteiger partial charge on any atom is -0.439 e. The fraction of sp³-hybridized carbons (Fsp3) is 0.444. The summed E-state index contributed by atoms with van der Waals surface area (Å²) in [7, 11) is -3.14. The molecule has 1 aliphatic heterocycles. The van der Waals surface area contributed by atoms with Gasteiger partial charge in [0.1, 0.15) is 17.4 Å². The second-order valence-electron chi connectivity index (χ2n) is 6.31. The molecule has 8 heteroatoms. The van der Waals surface area contributed by atoms with E-state index in [9.17, 15) is 8.42 Å². The molecule has 2 heterocycles. The van der Waals surface area contributed by atoms with E-state index in [1.807, 2.05) is 38.1 Å². The summed E-state index contributed by atoms with van der Waals surface area (Å²) in [5.74, 6) is 2.72. The quantitative estimate of drug-likeness (QED) is 0.797. The monoisotopic (exact) mass is 376 g/mol. The summed E-state index contributed by atoms with van der Waals surface area (Å²) >= 11 is 0. The summed E-state index contributed by atoms with van der Waals surface area (Å²) in [6.45, 7) is 7.64. The summed E-state index contributed by atoms with van der Waals surface area (Å²) in [5, 5.41) is 0. The van der Waals surface area contributed by atoms with E-state index in [1.165, 1.54) is 0 Å². The van der Waals surface area contributed by atoms with Crippen LogP contribution < -0.4 is 9.64 Å². The zero-order chi connectivity index (χ0) is 18.7. The van der Waals surface area contributed by atoms with Crippen LogP contribution in [0.15, 0.2) is 30.3 Å². The first kappa shape index (κ1) is 18.6. The number of aromatic nitrogens is 2. The molecule has 0 N–H and O–H groups in total. The molecule has 1 aliphatic rings. The van der Waals surface area contributed by atoms with Crippen molar-refractivity contribution in [2.24, 2.45) is 0 Å². The maximum absolute atomic E-state index is 12.0. The van der Waals surface area contributed by atoms with Crippen molar-refractivity contribution in [3.05, 3.63) is 41.7 Å². The first-order valence-corrected chi connectivity index (χ1v) is 10.3. The van der Waals surface area contributed by atoms with Gasteiger partial charge in [-0.2, -0.15) is 9.29 Å². The third-order valence-corrected chi connectivity index (χ3v) is 6.25. The Balaban J connectivity index is 1.73. The zero-order valence-electron chi connectivity index (χ0n) is 15.3. The Morgan fingerprint density at radius 1 is 1.04 bits per heavy atom. The van der Waals surface area contributed by atoms with Crippen molar-refractivity contribution in [3.8, 4) is 11.6 Å². The minimum absolute atomic E-state index is 0.133. The Bertz CT molecular complexity index is 861. The van der Waals surface area contributed by atoms with Gasteiger partial charge in [-0.15, -0.1) is 0 Å². The molecule has 0 unspecified atom stereocenters. The van der Waals surface area contributed by atoms with Crippen LogP contribution in [0.3, 0.4) is 0 Å². The van der Waals surface area contributed by atoms with Gasteiger partial charge >= 0.3 is 0 Å². The lowest BCUT2D eigenvalue weighted by Crippen LogP contribution is -2.49. The lowest BCUT2D eigenvalue weighted by atomic mass is 10.2. The maximum atomic E-state index is 12.0. The van der Waals surface area contributed by atoms with Crippen LogP contribution in [0.1, 0.15) is 18.3 Å². The summed E-state index contributed by atoms with van der Waals surface area (Å²) in [6, 6.07) is 9.58. The Hall–Kier alpha value is -2.19. The molecule has 1 saturated heterocycles. The van der Waals surface area contributed by atoms with Crippen molar-refractivity contribution in [2.75, 3.05) is 36.8 Å². The number of rotatable bonds is 5. The molecule has 1 aromatic carbocycles. The summed E-state index contributed by atoms with van der Waals surface area (Å²) in [6.07, 6.45) is 0. The first-order chi connectivity index (χ1) is 12.4. The highest BCUT2D eigenvalue weighted by Crippen LogP contribution is 2.24. The van der Waals surface area contributed by atoms with Crippen LogP contribution in [0.2, 0.25) is 0 Å². The van der Waals surface area contributed by atoms with Gasteiger partial charge in [0.05, 0.1) is 5.75 Å². The maximum Gasteiger partial charge on any atom is 0.224 e. The van der Waals surface area contributed by atoms with Crippen LogP contribution >= 0.6 is 0 Å². The van der Waals surface area contributed by atoms with Crippen LogP contribution in [0.5, 0.6) is 11.6 Å². The van der Waals surface area contributed by atoms with E-state index < -0.39 is 10.0 Å². The minimum atomic E-state index is -3.14. The van der Waals surface area contributed by atoms with E-state index in [2.05, 4.69) is 14.9 Å². The largest absolute Gasteiger partial charge is 0.439 e. The van der Waals surface area contributed by atoms with E-state index in [-0.39, 0.29) is 5.75 Å². The van der Waals surface area contributed by atoms with Crippen molar-refractivity contribution in [1.29, 1.82) is 0 Å². The molecule has 2 aromatic rings. The summed E-state index contributed by atoms with van der Waals surface area (Å²) in [5.41, 5.74) is 1.16. The lowest BCUT2D eigenvalue weighted by molar-refractivity contribution is 0.383. The molecule has 7 nitrogen and oxygen atoms in total. The van der Waals surface area contributed by atoms with Crippen LogP contribution in [-0.2, 0) is 10.0 Å². The highest BCUT2D eigenvalue weighted by atomic mass is 32.2. The molecular formula is C18H24N4O3S. The molecule has 0 amide bonds. The smallest absolute Gasteiger partial charge is 0.224 e. The predicted molar refractivity (Wildman–Crippen MR) is 101 cm³/mol. The molecule has 1 aromatic heterocycles. The van der Waals surface area contributed by atoms with Gasteiger partial charge in [0, 0.05) is 32.2 Å². The van der Waals surface area contributed by atoms with Gasteiger partial charge in [-0.3, -0.25) is 0 Å². The average molecular weight is 376 g/mol. The van der Waals surface area contributed by atoms with Crippen molar-refractivity contribution in [2.45, 2.75) is 20.8 Å². The van der Waals surface area contributed by atoms with Gasteiger partial charge in [-0.05, 0) is 32.9 Å². The third kappa shape index (κ3) is 4.31. The van der Waals surface area contributed by atoms with Gasteiger partial charge in [-0.25, -0.2) is 13.4 Å². The van der Waals surface area contributed by atoms with E-state index >= 15 is 0 Å². The van der Waals surface area contributed by atoms with Crippen molar-refractivity contribution in [1.82, 2.24) is 14.3 Å². The second kappa shape index (κ2) is 7.59. The molecule has 0 saturated carbocycles. The van der Waals surface area contributed by atoms with Crippen LogP contribution in [0.25, 0.3) is 0 Å². The number of hydrogen-bond acceptors (Lipinski definition) is 6. The molecular weight excluding hydrogens is 352 g/mol. The van der Waals surface area contributed by atoms with Gasteiger partial charge in [0.15, 0.2) is 0 Å². The molecule has 0 spiro atoms. The molecule has 0 aliphatic carbocycles. The average Bonchev–Trinajstić information content (AvgIpc) is 2.63. The summed E-state index contributed by atoms with van der Waals surface area (Å²) in [4.78, 5) is 10.9. The summed E-state index contributed by atoms with van der Waals surface area (Å²) < 4.78 is 31.4. The van der Waals surface area contributed by atoms with Crippen molar-refractivity contribution < 1.29 is 13.2 Å². The number of benzene rings is 1. The van der Waals surface area contributed by atoms with Crippen LogP contribution in [0, 0.1) is 13.8 Å². The standard InChI is InChI=1S/C18H24N4O3S/c1-4-26(23,24)22-11-9-21(10-12-22)17-13-18(20-15(3)19-17)25-16-7-5-14(2)6-8-16/h5-8,13H,4,9-12H2,1-3H3. The molecule has 26 heavy (non-hydrogen) atoms. The van der Waals surface area contributed by atoms with Crippen molar-refractivity contribution in [3.63, 3.8) is 0 Å². The lowest BCUT2D eigenvalue weighted by Gasteiger charge is -2.34. The SMILES string of the molecule is CCS(=O)(=O)N1CCN(c2cc(Oc3ccc(C)cc3)nc(C)n2)CC1. The van der Waals surface area contributed by atoms with Gasteiger partial charge < -0.3 is 9.64 Å². The van der Waals surface area contributed by atoms with E-state index in [0.29, 0.717) is 37.9 Å². The number of nitrogens with zero attached hydrogens (tertiary/aromatic N) is 4. The number of piperazine rings is 1. The molecule has 3 rings (SSSR count). The van der Waals surface area contributed by atoms with Crippen LogP contribution in [0.4, 0.5) is 5.82 Å².